The van der Waals surface area contributed by atoms with E-state index < -0.39 is 0 Å². The van der Waals surface area contributed by atoms with Crippen molar-refractivity contribution in [1.82, 2.24) is 30.0 Å². The second-order valence-electron chi connectivity index (χ2n) is 3.56. The summed E-state index contributed by atoms with van der Waals surface area (Å²) in [7, 11) is 1.93. The molecule has 78 valence electrons. The molecule has 3 rings (SSSR count). The molecule has 1 aliphatic heterocycles. The number of nitrogens with zero attached hydrogens (tertiary/aromatic N) is 6. The van der Waals surface area contributed by atoms with Gasteiger partial charge in [-0.3, -0.25) is 4.68 Å². The molecular weight excluding hydrogens is 194 g/mol. The summed E-state index contributed by atoms with van der Waals surface area (Å²) in [6, 6.07) is 2.19. The van der Waals surface area contributed by atoms with Gasteiger partial charge in [-0.05, 0) is 22.9 Å². The van der Waals surface area contributed by atoms with Crippen LogP contribution in [0.4, 0.5) is 5.95 Å². The maximum absolute atomic E-state index is 4.16. The number of aryl methyl sites for hydroxylation is 1. The molecule has 1 aliphatic rings. The quantitative estimate of drug-likeness (QED) is 0.698. The van der Waals surface area contributed by atoms with Crippen LogP contribution in [0.3, 0.4) is 0 Å². The second-order valence-corrected chi connectivity index (χ2v) is 3.56. The lowest BCUT2D eigenvalue weighted by atomic mass is 10.1. The van der Waals surface area contributed by atoms with Gasteiger partial charge < -0.3 is 5.32 Å². The number of anilines is 1. The molecular formula is C8H11N7. The van der Waals surface area contributed by atoms with E-state index in [4.69, 9.17) is 0 Å². The molecule has 1 atom stereocenters. The molecule has 15 heavy (non-hydrogen) atoms. The lowest BCUT2D eigenvalue weighted by molar-refractivity contribution is 0.442. The van der Waals surface area contributed by atoms with Gasteiger partial charge in [-0.15, -0.1) is 0 Å². The molecule has 2 aromatic rings. The molecule has 0 fully saturated rings. The highest BCUT2D eigenvalue weighted by Crippen LogP contribution is 2.26. The molecule has 0 aromatic carbocycles. The van der Waals surface area contributed by atoms with Crippen LogP contribution in [0.5, 0.6) is 0 Å². The van der Waals surface area contributed by atoms with Crippen molar-refractivity contribution in [3.8, 4) is 0 Å². The average molecular weight is 205 g/mol. The smallest absolute Gasteiger partial charge is 0.243 e. The first-order valence-corrected chi connectivity index (χ1v) is 4.86. The van der Waals surface area contributed by atoms with E-state index in [2.05, 4.69) is 25.9 Å². The number of hydrogen-bond acceptors (Lipinski definition) is 5. The van der Waals surface area contributed by atoms with Gasteiger partial charge in [0.05, 0.1) is 5.69 Å². The zero-order valence-electron chi connectivity index (χ0n) is 8.33. The Hall–Kier alpha value is -1.92. The highest BCUT2D eigenvalue weighted by molar-refractivity contribution is 5.27. The molecule has 0 aliphatic carbocycles. The van der Waals surface area contributed by atoms with Crippen LogP contribution in [0.2, 0.25) is 0 Å². The Labute approximate surface area is 86.1 Å². The van der Waals surface area contributed by atoms with Crippen molar-refractivity contribution in [3.63, 3.8) is 0 Å². The lowest BCUT2D eigenvalue weighted by Gasteiger charge is -2.23. The molecule has 7 nitrogen and oxygen atoms in total. The zero-order valence-corrected chi connectivity index (χ0v) is 8.33. The molecule has 0 saturated heterocycles. The standard InChI is InChI=1S/C8H11N7/c1-14-6(3-5-10-14)7-2-4-9-8-11-12-13-15(7)8/h3,5,7H,2,4H2,1H3,(H,9,11,13). The zero-order chi connectivity index (χ0) is 10.3. The van der Waals surface area contributed by atoms with Gasteiger partial charge in [0.25, 0.3) is 0 Å². The lowest BCUT2D eigenvalue weighted by Crippen LogP contribution is -2.26. The van der Waals surface area contributed by atoms with E-state index in [1.807, 2.05) is 17.8 Å². The number of nitrogens with one attached hydrogen (secondary N) is 1. The Morgan fingerprint density at radius 3 is 3.27 bits per heavy atom. The monoisotopic (exact) mass is 205 g/mol. The summed E-state index contributed by atoms with van der Waals surface area (Å²) in [5, 5.41) is 18.9. The molecule has 0 saturated carbocycles. The number of fused-ring (bicyclic) bond motifs is 1. The fraction of sp³-hybridized carbons (Fsp3) is 0.500. The summed E-state index contributed by atoms with van der Waals surface area (Å²) >= 11 is 0. The molecule has 1 unspecified atom stereocenters. The second kappa shape index (κ2) is 3.04. The predicted molar refractivity (Wildman–Crippen MR) is 52.3 cm³/mol. The Balaban J connectivity index is 2.07. The third-order valence-corrected chi connectivity index (χ3v) is 2.69. The third-order valence-electron chi connectivity index (χ3n) is 2.69. The first-order chi connectivity index (χ1) is 7.36. The minimum absolute atomic E-state index is 0.184. The van der Waals surface area contributed by atoms with E-state index in [1.54, 1.807) is 10.9 Å². The van der Waals surface area contributed by atoms with E-state index in [1.165, 1.54) is 0 Å². The molecule has 0 bridgehead atoms. The van der Waals surface area contributed by atoms with Crippen LogP contribution in [0.1, 0.15) is 18.2 Å². The fourth-order valence-corrected chi connectivity index (χ4v) is 1.95. The molecule has 7 heteroatoms. The van der Waals surface area contributed by atoms with Gasteiger partial charge in [0.15, 0.2) is 0 Å². The van der Waals surface area contributed by atoms with Gasteiger partial charge >= 0.3 is 0 Å². The Morgan fingerprint density at radius 2 is 2.47 bits per heavy atom. The Morgan fingerprint density at radius 1 is 1.53 bits per heavy atom. The van der Waals surface area contributed by atoms with E-state index in [9.17, 15) is 0 Å². The summed E-state index contributed by atoms with van der Waals surface area (Å²) < 4.78 is 3.67. The summed E-state index contributed by atoms with van der Waals surface area (Å²) in [4.78, 5) is 0. The number of rotatable bonds is 1. The summed E-state index contributed by atoms with van der Waals surface area (Å²) in [6.07, 6.45) is 2.76. The van der Waals surface area contributed by atoms with Gasteiger partial charge in [-0.2, -0.15) is 5.10 Å². The van der Waals surface area contributed by atoms with Gasteiger partial charge in [-0.25, -0.2) is 4.68 Å². The van der Waals surface area contributed by atoms with Crippen molar-refractivity contribution in [1.29, 1.82) is 0 Å². The summed E-state index contributed by atoms with van der Waals surface area (Å²) in [6.45, 7) is 0.885. The number of hydrogen-bond donors (Lipinski definition) is 1. The molecule has 3 heterocycles. The van der Waals surface area contributed by atoms with Gasteiger partial charge in [0.1, 0.15) is 6.04 Å². The average Bonchev–Trinajstić information content (AvgIpc) is 2.85. The SMILES string of the molecule is Cn1nccc1C1CCNc2nnnn21. The third kappa shape index (κ3) is 1.19. The predicted octanol–water partition coefficient (Wildman–Crippen LogP) is -0.188. The number of aromatic nitrogens is 6. The van der Waals surface area contributed by atoms with Crippen LogP contribution in [-0.2, 0) is 7.05 Å². The number of tetrazole rings is 1. The van der Waals surface area contributed by atoms with Crippen LogP contribution in [0, 0.1) is 0 Å². The van der Waals surface area contributed by atoms with Crippen molar-refractivity contribution in [2.24, 2.45) is 7.05 Å². The molecule has 1 N–H and O–H groups in total. The van der Waals surface area contributed by atoms with Gasteiger partial charge in [-0.1, -0.05) is 5.10 Å². The van der Waals surface area contributed by atoms with Crippen molar-refractivity contribution >= 4 is 5.95 Å². The minimum atomic E-state index is 0.184. The van der Waals surface area contributed by atoms with Crippen LogP contribution < -0.4 is 5.32 Å². The maximum Gasteiger partial charge on any atom is 0.243 e. The molecule has 0 amide bonds. The molecule has 2 aromatic heterocycles. The van der Waals surface area contributed by atoms with Crippen LogP contribution >= 0.6 is 0 Å². The van der Waals surface area contributed by atoms with E-state index in [0.717, 1.165) is 24.6 Å². The Bertz CT molecular complexity index is 471. The van der Waals surface area contributed by atoms with Crippen LogP contribution in [-0.4, -0.2) is 36.5 Å². The first kappa shape index (κ1) is 8.39. The summed E-state index contributed by atoms with van der Waals surface area (Å²) in [5.74, 6) is 0.729. The van der Waals surface area contributed by atoms with Crippen molar-refractivity contribution in [2.75, 3.05) is 11.9 Å². The topological polar surface area (TPSA) is 73.5 Å². The maximum atomic E-state index is 4.16. The van der Waals surface area contributed by atoms with Crippen LogP contribution in [0.25, 0.3) is 0 Å². The minimum Gasteiger partial charge on any atom is -0.353 e. The summed E-state index contributed by atoms with van der Waals surface area (Å²) in [5.41, 5.74) is 1.13. The van der Waals surface area contributed by atoms with E-state index >= 15 is 0 Å². The highest BCUT2D eigenvalue weighted by atomic mass is 15.6. The highest BCUT2D eigenvalue weighted by Gasteiger charge is 2.25. The van der Waals surface area contributed by atoms with Crippen molar-refractivity contribution < 1.29 is 0 Å². The molecule has 0 radical (unpaired) electrons. The van der Waals surface area contributed by atoms with Gasteiger partial charge in [0, 0.05) is 19.8 Å². The Kier molecular flexibility index (Phi) is 1.70. The van der Waals surface area contributed by atoms with Gasteiger partial charge in [0.2, 0.25) is 5.95 Å². The van der Waals surface area contributed by atoms with E-state index in [-0.39, 0.29) is 6.04 Å². The normalized spacial score (nSPS) is 19.7. The first-order valence-electron chi connectivity index (χ1n) is 4.86. The van der Waals surface area contributed by atoms with Crippen molar-refractivity contribution in [2.45, 2.75) is 12.5 Å². The van der Waals surface area contributed by atoms with Crippen LogP contribution in [0.15, 0.2) is 12.3 Å². The molecule has 0 spiro atoms. The largest absolute Gasteiger partial charge is 0.353 e. The van der Waals surface area contributed by atoms with Crippen molar-refractivity contribution in [3.05, 3.63) is 18.0 Å². The fourth-order valence-electron chi connectivity index (χ4n) is 1.95. The van der Waals surface area contributed by atoms with E-state index in [0.29, 0.717) is 0 Å².